The number of anilines is 2. The highest BCUT2D eigenvalue weighted by molar-refractivity contribution is 6.31. The molecule has 0 atom stereocenters. The quantitative estimate of drug-likeness (QED) is 0.447. The third-order valence-corrected chi connectivity index (χ3v) is 5.66. The largest absolute Gasteiger partial charge is 0.460 e. The number of amides is 2. The zero-order chi connectivity index (χ0) is 26.0. The molecule has 2 amide bonds. The lowest BCUT2D eigenvalue weighted by Crippen LogP contribution is -2.54. The average molecular weight is 531 g/mol. The number of esters is 1. The number of aromatic nitrogens is 4. The number of pyridine rings is 1. The van der Waals surface area contributed by atoms with Gasteiger partial charge in [0.25, 0.3) is 0 Å². The van der Waals surface area contributed by atoms with E-state index in [9.17, 15) is 14.4 Å². The van der Waals surface area contributed by atoms with Gasteiger partial charge in [-0.25, -0.2) is 9.67 Å². The molecule has 3 aromatic rings. The van der Waals surface area contributed by atoms with E-state index in [0.717, 1.165) is 5.56 Å². The van der Waals surface area contributed by atoms with Gasteiger partial charge >= 0.3 is 5.97 Å². The molecule has 4 rings (SSSR count). The fourth-order valence-corrected chi connectivity index (χ4v) is 4.01. The summed E-state index contributed by atoms with van der Waals surface area (Å²) in [6.07, 6.45) is 3.64. The molecule has 36 heavy (non-hydrogen) atoms. The fourth-order valence-electron chi connectivity index (χ4n) is 3.72. The molecule has 1 fully saturated rings. The molecule has 0 radical (unpaired) electrons. The third kappa shape index (κ3) is 6.00. The molecule has 2 aromatic heterocycles. The maximum Gasteiger partial charge on any atom is 0.306 e. The normalized spacial score (nSPS) is 14.4. The van der Waals surface area contributed by atoms with Crippen molar-refractivity contribution in [2.75, 3.05) is 22.9 Å². The maximum atomic E-state index is 13.2. The molecule has 188 valence electrons. The van der Waals surface area contributed by atoms with Crippen LogP contribution in [0.3, 0.4) is 0 Å². The number of carbonyl (C=O) groups excluding carboxylic acids is 3. The summed E-state index contributed by atoms with van der Waals surface area (Å²) in [5.74, 6) is -0.630. The number of aryl methyl sites for hydroxylation is 1. The highest BCUT2D eigenvalue weighted by Crippen LogP contribution is 2.30. The third-order valence-electron chi connectivity index (χ3n) is 5.25. The molecule has 1 aliphatic rings. The van der Waals surface area contributed by atoms with Crippen molar-refractivity contribution in [1.82, 2.24) is 20.0 Å². The van der Waals surface area contributed by atoms with Gasteiger partial charge in [0.2, 0.25) is 11.8 Å². The first kappa shape index (κ1) is 25.6. The second kappa shape index (κ2) is 10.2. The maximum absolute atomic E-state index is 13.2. The molecule has 0 unspecified atom stereocenters. The zero-order valence-electron chi connectivity index (χ0n) is 19.9. The van der Waals surface area contributed by atoms with Crippen LogP contribution >= 0.6 is 23.2 Å². The molecule has 12 heteroatoms. The molecule has 1 aliphatic heterocycles. The van der Waals surface area contributed by atoms with Crippen molar-refractivity contribution in [1.29, 1.82) is 0 Å². The van der Waals surface area contributed by atoms with Crippen molar-refractivity contribution in [3.63, 3.8) is 0 Å². The van der Waals surface area contributed by atoms with Crippen LogP contribution in [0.4, 0.5) is 11.5 Å². The molecule has 10 nitrogen and oxygen atoms in total. The van der Waals surface area contributed by atoms with Crippen LogP contribution in [-0.2, 0) is 25.5 Å². The van der Waals surface area contributed by atoms with Crippen molar-refractivity contribution in [3.8, 4) is 5.69 Å². The van der Waals surface area contributed by atoms with Gasteiger partial charge in [0.05, 0.1) is 17.6 Å². The minimum Gasteiger partial charge on any atom is -0.460 e. The fraction of sp³-hybridized carbons (Fsp3) is 0.333. The molecule has 0 bridgehead atoms. The molecule has 3 heterocycles. The van der Waals surface area contributed by atoms with E-state index < -0.39 is 5.60 Å². The number of halogens is 2. The van der Waals surface area contributed by atoms with Crippen molar-refractivity contribution in [3.05, 3.63) is 58.5 Å². The standard InChI is InChI=1S/C24H24Cl2N6O4/c1-24(2,3)36-23(35)7-4-15-8-9-27-20(10-15)31-14-21(33)30(13-22(31)34)18-11-16(25)5-6-17(18)32-12-19(26)28-29-32/h5-6,8-12H,4,7,13-14H2,1-3H3. The van der Waals surface area contributed by atoms with Gasteiger partial charge in [0, 0.05) is 17.6 Å². The Labute approximate surface area is 217 Å². The van der Waals surface area contributed by atoms with Gasteiger partial charge in [-0.2, -0.15) is 0 Å². The minimum absolute atomic E-state index is 0.181. The summed E-state index contributed by atoms with van der Waals surface area (Å²) < 4.78 is 6.76. The Morgan fingerprint density at radius 3 is 2.44 bits per heavy atom. The van der Waals surface area contributed by atoms with Gasteiger partial charge < -0.3 is 4.74 Å². The second-order valence-electron chi connectivity index (χ2n) is 9.19. The Hall–Kier alpha value is -3.50. The minimum atomic E-state index is -0.560. The molecular formula is C24H24Cl2N6O4. The molecule has 0 aliphatic carbocycles. The van der Waals surface area contributed by atoms with Gasteiger partial charge in [0.1, 0.15) is 24.5 Å². The van der Waals surface area contributed by atoms with Crippen molar-refractivity contribution in [2.24, 2.45) is 0 Å². The van der Waals surface area contributed by atoms with Crippen LogP contribution in [-0.4, -0.2) is 56.5 Å². The van der Waals surface area contributed by atoms with Crippen LogP contribution in [0, 0.1) is 0 Å². The summed E-state index contributed by atoms with van der Waals surface area (Å²) in [5, 5.41) is 8.29. The van der Waals surface area contributed by atoms with E-state index in [-0.39, 0.29) is 42.4 Å². The smallest absolute Gasteiger partial charge is 0.306 e. The Kier molecular flexibility index (Phi) is 7.28. The predicted octanol–water partition coefficient (Wildman–Crippen LogP) is 3.62. The van der Waals surface area contributed by atoms with E-state index in [1.165, 1.54) is 20.7 Å². The molecule has 0 saturated carbocycles. The summed E-state index contributed by atoms with van der Waals surface area (Å²) in [6.45, 7) is 4.99. The first-order valence-corrected chi connectivity index (χ1v) is 11.9. The molecule has 0 spiro atoms. The SMILES string of the molecule is CC(C)(C)OC(=O)CCc1ccnc(N2CC(=O)N(c3cc(Cl)ccc3-n3cc(Cl)nn3)CC2=O)c1. The summed E-state index contributed by atoms with van der Waals surface area (Å²) in [6, 6.07) is 8.36. The summed E-state index contributed by atoms with van der Waals surface area (Å²) in [4.78, 5) is 45.3. The van der Waals surface area contributed by atoms with Crippen molar-refractivity contribution < 1.29 is 19.1 Å². The first-order chi connectivity index (χ1) is 17.0. The lowest BCUT2D eigenvalue weighted by molar-refractivity contribution is -0.154. The number of carbonyl (C=O) groups is 3. The Bertz CT molecular complexity index is 1320. The molecular weight excluding hydrogens is 507 g/mol. The van der Waals surface area contributed by atoms with Gasteiger partial charge in [-0.3, -0.25) is 24.2 Å². The highest BCUT2D eigenvalue weighted by atomic mass is 35.5. The van der Waals surface area contributed by atoms with E-state index >= 15 is 0 Å². The molecule has 1 saturated heterocycles. The Morgan fingerprint density at radius 1 is 1.03 bits per heavy atom. The number of benzene rings is 1. The lowest BCUT2D eigenvalue weighted by atomic mass is 10.1. The van der Waals surface area contributed by atoms with E-state index in [0.29, 0.717) is 28.6 Å². The molecule has 1 aromatic carbocycles. The van der Waals surface area contributed by atoms with Crippen LogP contribution in [0.2, 0.25) is 10.2 Å². The van der Waals surface area contributed by atoms with Crippen LogP contribution in [0.5, 0.6) is 0 Å². The highest BCUT2D eigenvalue weighted by Gasteiger charge is 2.34. The van der Waals surface area contributed by atoms with Gasteiger partial charge in [-0.05, 0) is 63.1 Å². The monoisotopic (exact) mass is 530 g/mol. The van der Waals surface area contributed by atoms with Crippen molar-refractivity contribution >= 4 is 52.5 Å². The van der Waals surface area contributed by atoms with Crippen LogP contribution in [0.25, 0.3) is 5.69 Å². The topological polar surface area (TPSA) is 111 Å². The Balaban J connectivity index is 1.51. The number of hydrogen-bond donors (Lipinski definition) is 0. The van der Waals surface area contributed by atoms with Crippen LogP contribution < -0.4 is 9.80 Å². The van der Waals surface area contributed by atoms with Gasteiger partial charge in [-0.1, -0.05) is 28.4 Å². The zero-order valence-corrected chi connectivity index (χ0v) is 21.5. The molecule has 0 N–H and O–H groups in total. The first-order valence-electron chi connectivity index (χ1n) is 11.2. The Morgan fingerprint density at radius 2 is 1.75 bits per heavy atom. The van der Waals surface area contributed by atoms with E-state index in [2.05, 4.69) is 15.3 Å². The lowest BCUT2D eigenvalue weighted by Gasteiger charge is -2.34. The summed E-state index contributed by atoms with van der Waals surface area (Å²) in [7, 11) is 0. The van der Waals surface area contributed by atoms with Gasteiger partial charge in [-0.15, -0.1) is 5.10 Å². The van der Waals surface area contributed by atoms with Gasteiger partial charge in [0.15, 0.2) is 5.15 Å². The number of hydrogen-bond acceptors (Lipinski definition) is 7. The van der Waals surface area contributed by atoms with Crippen molar-refractivity contribution in [2.45, 2.75) is 39.2 Å². The predicted molar refractivity (Wildman–Crippen MR) is 134 cm³/mol. The van der Waals surface area contributed by atoms with Crippen LogP contribution in [0.15, 0.2) is 42.7 Å². The summed E-state index contributed by atoms with van der Waals surface area (Å²) >= 11 is 12.1. The average Bonchev–Trinajstić information content (AvgIpc) is 3.24. The number of piperazine rings is 1. The van der Waals surface area contributed by atoms with Crippen LogP contribution in [0.1, 0.15) is 32.8 Å². The second-order valence-corrected chi connectivity index (χ2v) is 10.0. The summed E-state index contributed by atoms with van der Waals surface area (Å²) in [5.41, 5.74) is 1.14. The van der Waals surface area contributed by atoms with E-state index in [1.807, 2.05) is 20.8 Å². The van der Waals surface area contributed by atoms with E-state index in [4.69, 9.17) is 27.9 Å². The van der Waals surface area contributed by atoms with E-state index in [1.54, 1.807) is 36.5 Å². The number of rotatable bonds is 6. The number of nitrogens with zero attached hydrogens (tertiary/aromatic N) is 6. The number of ether oxygens (including phenoxy) is 1.